The minimum absolute atomic E-state index is 0.644. The SMILES string of the molecule is c1ccc(-c2cc(-c3cnc(-n4c5ccccc5c5oc6ccccc6c54)cn3)nc(-c3ccccc3)n2)cc1. The van der Waals surface area contributed by atoms with E-state index in [9.17, 15) is 0 Å². The molecule has 0 N–H and O–H groups in total. The van der Waals surface area contributed by atoms with Gasteiger partial charge in [0.1, 0.15) is 16.8 Å². The zero-order valence-electron chi connectivity index (χ0n) is 21.3. The second kappa shape index (κ2) is 8.99. The van der Waals surface area contributed by atoms with E-state index in [1.165, 1.54) is 0 Å². The Morgan fingerprint density at radius 1 is 0.550 bits per heavy atom. The quantitative estimate of drug-likeness (QED) is 0.237. The number of nitrogens with zero attached hydrogens (tertiary/aromatic N) is 5. The van der Waals surface area contributed by atoms with Crippen LogP contribution in [0.3, 0.4) is 0 Å². The molecule has 8 rings (SSSR count). The molecule has 0 bridgehead atoms. The molecule has 0 amide bonds. The fourth-order valence-corrected chi connectivity index (χ4v) is 5.28. The molecule has 188 valence electrons. The molecule has 0 spiro atoms. The van der Waals surface area contributed by atoms with Gasteiger partial charge in [0.15, 0.2) is 17.2 Å². The predicted octanol–water partition coefficient (Wildman–Crippen LogP) is 8.11. The molecule has 0 aliphatic rings. The molecule has 0 saturated heterocycles. The highest BCUT2D eigenvalue weighted by molar-refractivity contribution is 6.16. The molecule has 6 nitrogen and oxygen atoms in total. The third kappa shape index (κ3) is 3.58. The van der Waals surface area contributed by atoms with Crippen LogP contribution in [0.2, 0.25) is 0 Å². The second-order valence-electron chi connectivity index (χ2n) is 9.58. The fourth-order valence-electron chi connectivity index (χ4n) is 5.28. The topological polar surface area (TPSA) is 69.6 Å². The van der Waals surface area contributed by atoms with Crippen LogP contribution < -0.4 is 0 Å². The number of hydrogen-bond acceptors (Lipinski definition) is 5. The standard InChI is InChI=1S/C34H21N5O/c1-3-11-22(12-4-1)26-19-27(38-34(37-26)23-13-5-2-6-14-23)28-20-36-31(21-35-28)39-29-17-9-7-15-24(29)33-32(39)25-16-8-10-18-30(25)40-33/h1-21H. The van der Waals surface area contributed by atoms with Crippen LogP contribution in [0.15, 0.2) is 132 Å². The van der Waals surface area contributed by atoms with Gasteiger partial charge in [0.25, 0.3) is 0 Å². The summed E-state index contributed by atoms with van der Waals surface area (Å²) < 4.78 is 8.41. The zero-order chi connectivity index (χ0) is 26.5. The smallest absolute Gasteiger partial charge is 0.161 e. The monoisotopic (exact) mass is 515 g/mol. The average molecular weight is 516 g/mol. The molecular weight excluding hydrogens is 494 g/mol. The summed E-state index contributed by atoms with van der Waals surface area (Å²) in [6.45, 7) is 0. The number of aromatic nitrogens is 5. The molecule has 0 atom stereocenters. The van der Waals surface area contributed by atoms with Gasteiger partial charge in [0.2, 0.25) is 0 Å². The van der Waals surface area contributed by atoms with Gasteiger partial charge in [0, 0.05) is 21.9 Å². The summed E-state index contributed by atoms with van der Waals surface area (Å²) in [6, 6.07) is 38.4. The van der Waals surface area contributed by atoms with Crippen molar-refractivity contribution in [3.05, 3.63) is 128 Å². The molecular formula is C34H21N5O. The summed E-state index contributed by atoms with van der Waals surface area (Å²) in [5.41, 5.74) is 7.87. The van der Waals surface area contributed by atoms with Crippen LogP contribution >= 0.6 is 0 Å². The Morgan fingerprint density at radius 3 is 2.00 bits per heavy atom. The first kappa shape index (κ1) is 22.4. The van der Waals surface area contributed by atoms with Crippen LogP contribution in [0, 0.1) is 0 Å². The molecule has 40 heavy (non-hydrogen) atoms. The van der Waals surface area contributed by atoms with E-state index in [0.29, 0.717) is 23.0 Å². The first-order valence-electron chi connectivity index (χ1n) is 13.1. The highest BCUT2D eigenvalue weighted by atomic mass is 16.3. The number of furan rings is 1. The van der Waals surface area contributed by atoms with Gasteiger partial charge in [-0.25, -0.2) is 19.9 Å². The van der Waals surface area contributed by atoms with Crippen LogP contribution in [0.25, 0.3) is 72.8 Å². The van der Waals surface area contributed by atoms with Crippen LogP contribution in [-0.4, -0.2) is 24.5 Å². The third-order valence-electron chi connectivity index (χ3n) is 7.14. The first-order chi connectivity index (χ1) is 19.8. The molecule has 4 aromatic carbocycles. The normalized spacial score (nSPS) is 11.5. The van der Waals surface area contributed by atoms with Crippen LogP contribution in [0.1, 0.15) is 0 Å². The van der Waals surface area contributed by atoms with Crippen molar-refractivity contribution in [2.75, 3.05) is 0 Å². The maximum Gasteiger partial charge on any atom is 0.161 e. The lowest BCUT2D eigenvalue weighted by Gasteiger charge is -2.10. The molecule has 8 aromatic rings. The number of benzene rings is 4. The molecule has 4 heterocycles. The largest absolute Gasteiger partial charge is 0.454 e. The van der Waals surface area contributed by atoms with Gasteiger partial charge in [-0.15, -0.1) is 0 Å². The first-order valence-corrected chi connectivity index (χ1v) is 13.1. The molecule has 4 aromatic heterocycles. The van der Waals surface area contributed by atoms with Crippen molar-refractivity contribution in [1.29, 1.82) is 0 Å². The van der Waals surface area contributed by atoms with Crippen LogP contribution in [0.5, 0.6) is 0 Å². The summed E-state index contributed by atoms with van der Waals surface area (Å²) in [4.78, 5) is 19.5. The molecule has 0 fully saturated rings. The van der Waals surface area contributed by atoms with Gasteiger partial charge in [-0.1, -0.05) is 84.9 Å². The Labute approximate surface area is 229 Å². The lowest BCUT2D eigenvalue weighted by Crippen LogP contribution is -2.01. The highest BCUT2D eigenvalue weighted by Gasteiger charge is 2.20. The van der Waals surface area contributed by atoms with E-state index < -0.39 is 0 Å². The molecule has 0 unspecified atom stereocenters. The van der Waals surface area contributed by atoms with Gasteiger partial charge in [0.05, 0.1) is 29.3 Å². The van der Waals surface area contributed by atoms with E-state index in [2.05, 4.69) is 22.8 Å². The molecule has 0 aliphatic heterocycles. The van der Waals surface area contributed by atoms with Crippen molar-refractivity contribution >= 4 is 33.0 Å². The van der Waals surface area contributed by atoms with Gasteiger partial charge in [-0.2, -0.15) is 0 Å². The van der Waals surface area contributed by atoms with Crippen LogP contribution in [-0.2, 0) is 0 Å². The highest BCUT2D eigenvalue weighted by Crippen LogP contribution is 2.38. The van der Waals surface area contributed by atoms with Gasteiger partial charge < -0.3 is 4.42 Å². The average Bonchev–Trinajstić information content (AvgIpc) is 3.57. The Hall–Kier alpha value is -5.62. The summed E-state index contributed by atoms with van der Waals surface area (Å²) in [5.74, 6) is 1.35. The lowest BCUT2D eigenvalue weighted by molar-refractivity contribution is 0.672. The maximum absolute atomic E-state index is 6.29. The van der Waals surface area contributed by atoms with Crippen molar-refractivity contribution in [2.45, 2.75) is 0 Å². The molecule has 0 radical (unpaired) electrons. The summed E-state index contributed by atoms with van der Waals surface area (Å²) in [6.07, 6.45) is 3.58. The second-order valence-corrected chi connectivity index (χ2v) is 9.58. The van der Waals surface area contributed by atoms with E-state index >= 15 is 0 Å². The van der Waals surface area contributed by atoms with E-state index in [-0.39, 0.29) is 0 Å². The van der Waals surface area contributed by atoms with Gasteiger partial charge in [-0.3, -0.25) is 4.57 Å². The van der Waals surface area contributed by atoms with Crippen molar-refractivity contribution in [2.24, 2.45) is 0 Å². The predicted molar refractivity (Wildman–Crippen MR) is 158 cm³/mol. The van der Waals surface area contributed by atoms with E-state index in [4.69, 9.17) is 24.4 Å². The van der Waals surface area contributed by atoms with Crippen molar-refractivity contribution < 1.29 is 4.42 Å². The minimum Gasteiger partial charge on any atom is -0.454 e. The number of fused-ring (bicyclic) bond motifs is 5. The number of hydrogen-bond donors (Lipinski definition) is 0. The number of rotatable bonds is 4. The summed E-state index contributed by atoms with van der Waals surface area (Å²) >= 11 is 0. The summed E-state index contributed by atoms with van der Waals surface area (Å²) in [7, 11) is 0. The van der Waals surface area contributed by atoms with Crippen LogP contribution in [0.4, 0.5) is 0 Å². The molecule has 0 aliphatic carbocycles. The number of para-hydroxylation sites is 2. The van der Waals surface area contributed by atoms with Gasteiger partial charge in [-0.05, 0) is 30.3 Å². The molecule has 0 saturated carbocycles. The minimum atomic E-state index is 0.644. The van der Waals surface area contributed by atoms with Crippen molar-refractivity contribution in [1.82, 2.24) is 24.5 Å². The molecule has 6 heteroatoms. The third-order valence-corrected chi connectivity index (χ3v) is 7.14. The Bertz CT molecular complexity index is 2080. The fraction of sp³-hybridized carbons (Fsp3) is 0. The maximum atomic E-state index is 6.29. The van der Waals surface area contributed by atoms with E-state index in [0.717, 1.165) is 49.8 Å². The van der Waals surface area contributed by atoms with E-state index in [1.807, 2.05) is 97.1 Å². The lowest BCUT2D eigenvalue weighted by atomic mass is 10.1. The summed E-state index contributed by atoms with van der Waals surface area (Å²) in [5, 5.41) is 2.07. The Morgan fingerprint density at radius 2 is 1.23 bits per heavy atom. The van der Waals surface area contributed by atoms with Gasteiger partial charge >= 0.3 is 0 Å². The Balaban J connectivity index is 1.29. The Kier molecular flexibility index (Phi) is 5.03. The van der Waals surface area contributed by atoms with E-state index in [1.54, 1.807) is 12.4 Å². The van der Waals surface area contributed by atoms with Crippen molar-refractivity contribution in [3.8, 4) is 39.9 Å². The van der Waals surface area contributed by atoms with Crippen molar-refractivity contribution in [3.63, 3.8) is 0 Å². The zero-order valence-corrected chi connectivity index (χ0v) is 21.3.